The maximum Gasteiger partial charge on any atom is 0.239 e. The van der Waals surface area contributed by atoms with Gasteiger partial charge in [-0.2, -0.15) is 0 Å². The molecule has 0 aromatic heterocycles. The molecule has 18 heavy (non-hydrogen) atoms. The molecule has 0 unspecified atom stereocenters. The summed E-state index contributed by atoms with van der Waals surface area (Å²) in [4.78, 5) is 11.7. The van der Waals surface area contributed by atoms with Crippen molar-refractivity contribution < 1.29 is 9.90 Å². The fourth-order valence-corrected chi connectivity index (χ4v) is 2.28. The molecule has 3 N–H and O–H groups in total. The van der Waals surface area contributed by atoms with Crippen molar-refractivity contribution in [2.45, 2.75) is 37.8 Å². The van der Waals surface area contributed by atoms with Gasteiger partial charge in [-0.15, -0.1) is 0 Å². The first kappa shape index (κ1) is 12.9. The second-order valence-electron chi connectivity index (χ2n) is 4.75. The van der Waals surface area contributed by atoms with Crippen molar-refractivity contribution in [3.8, 4) is 0 Å². The Hall–Kier alpha value is -1.55. The van der Waals surface area contributed by atoms with E-state index in [1.165, 1.54) is 0 Å². The zero-order valence-corrected chi connectivity index (χ0v) is 10.4. The molecule has 1 aromatic carbocycles. The Morgan fingerprint density at radius 2 is 1.94 bits per heavy atom. The number of carbonyl (C=O) groups excluding carboxylic acids is 1. The molecule has 1 aliphatic rings. The van der Waals surface area contributed by atoms with Gasteiger partial charge in [0.25, 0.3) is 0 Å². The zero-order chi connectivity index (χ0) is 12.8. The molecule has 1 aliphatic carbocycles. The van der Waals surface area contributed by atoms with E-state index in [0.717, 1.165) is 31.4 Å². The van der Waals surface area contributed by atoms with Crippen molar-refractivity contribution in [3.05, 3.63) is 30.3 Å². The summed E-state index contributed by atoms with van der Waals surface area (Å²) in [5, 5.41) is 15.7. The van der Waals surface area contributed by atoms with E-state index in [0.29, 0.717) is 0 Å². The third kappa shape index (κ3) is 3.74. The van der Waals surface area contributed by atoms with E-state index in [2.05, 4.69) is 10.6 Å². The Kier molecular flexibility index (Phi) is 4.59. The highest BCUT2D eigenvalue weighted by Gasteiger charge is 2.24. The van der Waals surface area contributed by atoms with Crippen molar-refractivity contribution in [1.82, 2.24) is 5.32 Å². The third-order valence-corrected chi connectivity index (χ3v) is 3.30. The Morgan fingerprint density at radius 1 is 1.22 bits per heavy atom. The third-order valence-electron chi connectivity index (χ3n) is 3.30. The molecule has 1 saturated carbocycles. The van der Waals surface area contributed by atoms with Crippen molar-refractivity contribution in [1.29, 1.82) is 0 Å². The maximum absolute atomic E-state index is 11.7. The molecule has 4 nitrogen and oxygen atoms in total. The van der Waals surface area contributed by atoms with Gasteiger partial charge < -0.3 is 15.7 Å². The van der Waals surface area contributed by atoms with Crippen molar-refractivity contribution in [3.63, 3.8) is 0 Å². The van der Waals surface area contributed by atoms with E-state index in [4.69, 9.17) is 0 Å². The summed E-state index contributed by atoms with van der Waals surface area (Å²) in [5.74, 6) is -0.0650. The Morgan fingerprint density at radius 3 is 2.67 bits per heavy atom. The minimum Gasteiger partial charge on any atom is -0.391 e. The number of aliphatic hydroxyl groups is 1. The molecule has 1 aromatic rings. The van der Waals surface area contributed by atoms with Crippen LogP contribution in [0, 0.1) is 0 Å². The van der Waals surface area contributed by atoms with E-state index in [1.54, 1.807) is 0 Å². The fraction of sp³-hybridized carbons (Fsp3) is 0.500. The van der Waals surface area contributed by atoms with Crippen LogP contribution in [-0.2, 0) is 4.79 Å². The number of rotatable bonds is 4. The summed E-state index contributed by atoms with van der Waals surface area (Å²) in [6, 6.07) is 9.54. The van der Waals surface area contributed by atoms with Crippen LogP contribution in [-0.4, -0.2) is 29.7 Å². The number of amides is 1. The largest absolute Gasteiger partial charge is 0.391 e. The molecular weight excluding hydrogens is 228 g/mol. The van der Waals surface area contributed by atoms with E-state index in [1.807, 2.05) is 30.3 Å². The number of nitrogens with one attached hydrogen (secondary N) is 2. The number of para-hydroxylation sites is 1. The van der Waals surface area contributed by atoms with Crippen LogP contribution in [0.1, 0.15) is 25.7 Å². The maximum atomic E-state index is 11.7. The first-order chi connectivity index (χ1) is 8.75. The summed E-state index contributed by atoms with van der Waals surface area (Å²) >= 11 is 0. The van der Waals surface area contributed by atoms with Crippen LogP contribution in [0.5, 0.6) is 0 Å². The van der Waals surface area contributed by atoms with Gasteiger partial charge >= 0.3 is 0 Å². The van der Waals surface area contributed by atoms with Gasteiger partial charge in [0.05, 0.1) is 18.7 Å². The average Bonchev–Trinajstić information content (AvgIpc) is 2.40. The fourth-order valence-electron chi connectivity index (χ4n) is 2.28. The second-order valence-corrected chi connectivity index (χ2v) is 4.75. The van der Waals surface area contributed by atoms with E-state index >= 15 is 0 Å². The number of hydrogen-bond donors (Lipinski definition) is 3. The van der Waals surface area contributed by atoms with Gasteiger partial charge in [-0.25, -0.2) is 0 Å². The number of benzene rings is 1. The van der Waals surface area contributed by atoms with Crippen LogP contribution in [0.3, 0.4) is 0 Å². The highest BCUT2D eigenvalue weighted by atomic mass is 16.3. The molecule has 0 saturated heterocycles. The summed E-state index contributed by atoms with van der Waals surface area (Å²) in [7, 11) is 0. The molecule has 98 valence electrons. The molecule has 1 fully saturated rings. The van der Waals surface area contributed by atoms with Crippen LogP contribution in [0.25, 0.3) is 0 Å². The quantitative estimate of drug-likeness (QED) is 0.757. The molecule has 0 radical (unpaired) electrons. The number of carbonyl (C=O) groups is 1. The minimum atomic E-state index is -0.389. The van der Waals surface area contributed by atoms with Crippen LogP contribution in [0.4, 0.5) is 5.69 Å². The molecule has 2 rings (SSSR count). The second kappa shape index (κ2) is 6.40. The first-order valence-electron chi connectivity index (χ1n) is 6.52. The standard InChI is InChI=1S/C14H20N2O2/c17-13-9-5-4-8-12(13)16-14(18)10-15-11-6-2-1-3-7-11/h1-3,6-7,12-13,15,17H,4-5,8-10H2,(H,16,18)/t12-,13-/m0/s1. The smallest absolute Gasteiger partial charge is 0.239 e. The van der Waals surface area contributed by atoms with Gasteiger partial charge in [0.15, 0.2) is 0 Å². The zero-order valence-electron chi connectivity index (χ0n) is 10.4. The lowest BCUT2D eigenvalue weighted by atomic mass is 9.92. The van der Waals surface area contributed by atoms with Crippen molar-refractivity contribution >= 4 is 11.6 Å². The Balaban J connectivity index is 1.75. The summed E-state index contributed by atoms with van der Waals surface area (Å²) in [6.07, 6.45) is 3.40. The summed E-state index contributed by atoms with van der Waals surface area (Å²) in [6.45, 7) is 0.243. The number of hydrogen-bond acceptors (Lipinski definition) is 3. The summed E-state index contributed by atoms with van der Waals surface area (Å²) in [5.41, 5.74) is 0.928. The van der Waals surface area contributed by atoms with Gasteiger partial charge in [0.2, 0.25) is 5.91 Å². The van der Waals surface area contributed by atoms with Crippen LogP contribution in [0.15, 0.2) is 30.3 Å². The topological polar surface area (TPSA) is 61.4 Å². The lowest BCUT2D eigenvalue weighted by Gasteiger charge is -2.28. The van der Waals surface area contributed by atoms with Crippen LogP contribution in [0.2, 0.25) is 0 Å². The van der Waals surface area contributed by atoms with E-state index in [-0.39, 0.29) is 24.6 Å². The van der Waals surface area contributed by atoms with Crippen LogP contribution < -0.4 is 10.6 Å². The molecule has 0 bridgehead atoms. The SMILES string of the molecule is O=C(CNc1ccccc1)N[C@H]1CCCC[C@@H]1O. The van der Waals surface area contributed by atoms with Gasteiger partial charge in [-0.1, -0.05) is 31.0 Å². The molecule has 2 atom stereocenters. The average molecular weight is 248 g/mol. The van der Waals surface area contributed by atoms with Gasteiger partial charge in [0, 0.05) is 5.69 Å². The summed E-state index contributed by atoms with van der Waals surface area (Å²) < 4.78 is 0. The van der Waals surface area contributed by atoms with Gasteiger partial charge in [-0.3, -0.25) is 4.79 Å². The number of aliphatic hydroxyl groups excluding tert-OH is 1. The Bertz CT molecular complexity index is 381. The monoisotopic (exact) mass is 248 g/mol. The highest BCUT2D eigenvalue weighted by Crippen LogP contribution is 2.18. The minimum absolute atomic E-state index is 0.0650. The molecule has 0 heterocycles. The first-order valence-corrected chi connectivity index (χ1v) is 6.52. The van der Waals surface area contributed by atoms with Gasteiger partial charge in [0.1, 0.15) is 0 Å². The van der Waals surface area contributed by atoms with E-state index < -0.39 is 0 Å². The molecule has 1 amide bonds. The predicted octanol–water partition coefficient (Wildman–Crippen LogP) is 1.52. The molecule has 4 heteroatoms. The van der Waals surface area contributed by atoms with Crippen molar-refractivity contribution in [2.75, 3.05) is 11.9 Å². The highest BCUT2D eigenvalue weighted by molar-refractivity contribution is 5.81. The predicted molar refractivity (Wildman–Crippen MR) is 71.3 cm³/mol. The molecule has 0 aliphatic heterocycles. The van der Waals surface area contributed by atoms with Crippen LogP contribution >= 0.6 is 0 Å². The van der Waals surface area contributed by atoms with Crippen molar-refractivity contribution in [2.24, 2.45) is 0 Å². The van der Waals surface area contributed by atoms with Gasteiger partial charge in [-0.05, 0) is 25.0 Å². The lowest BCUT2D eigenvalue weighted by molar-refractivity contribution is -0.121. The normalized spacial score (nSPS) is 23.4. The Labute approximate surface area is 107 Å². The van der Waals surface area contributed by atoms with E-state index in [9.17, 15) is 9.90 Å². The molecular formula is C14H20N2O2. The molecule has 0 spiro atoms. The number of anilines is 1. The lowest BCUT2D eigenvalue weighted by Crippen LogP contribution is -2.46.